The van der Waals surface area contributed by atoms with Crippen LogP contribution in [0.1, 0.15) is 47.5 Å². The summed E-state index contributed by atoms with van der Waals surface area (Å²) in [5.74, 6) is -0.954. The summed E-state index contributed by atoms with van der Waals surface area (Å²) in [5.41, 5.74) is 1.88. The van der Waals surface area contributed by atoms with E-state index in [0.717, 1.165) is 6.42 Å². The third kappa shape index (κ3) is 4.27. The van der Waals surface area contributed by atoms with Gasteiger partial charge in [-0.15, -0.1) is 11.3 Å². The average molecular weight is 453 g/mol. The molecule has 1 atom stereocenters. The van der Waals surface area contributed by atoms with Crippen LogP contribution in [0, 0.1) is 5.95 Å². The number of nitrogens with one attached hydrogen (secondary N) is 1. The number of aromatic nitrogens is 3. The highest BCUT2D eigenvalue weighted by atomic mass is 32.1. The zero-order valence-electron chi connectivity index (χ0n) is 21.9. The Bertz CT molecular complexity index is 1460. The van der Waals surface area contributed by atoms with Crippen molar-refractivity contribution in [2.24, 2.45) is 0 Å². The quantitative estimate of drug-likeness (QED) is 0.413. The number of carbonyl (C=O) groups excluding carboxylic acids is 1. The Kier molecular flexibility index (Phi) is 4.27. The molecule has 4 aromatic rings. The molecule has 3 aromatic heterocycles. The largest absolute Gasteiger partial charge is 0.363 e. The molecule has 5 rings (SSSR count). The molecule has 32 heavy (non-hydrogen) atoms. The first-order valence-corrected chi connectivity index (χ1v) is 11.0. The lowest BCUT2D eigenvalue weighted by Crippen LogP contribution is -2.22. The lowest BCUT2D eigenvalue weighted by Gasteiger charge is -2.25. The highest BCUT2D eigenvalue weighted by Gasteiger charge is 2.28. The maximum atomic E-state index is 13.5. The van der Waals surface area contributed by atoms with Gasteiger partial charge in [-0.1, -0.05) is 18.1 Å². The molecule has 1 amide bonds. The molecule has 1 aliphatic rings. The van der Waals surface area contributed by atoms with Crippen LogP contribution in [0.5, 0.6) is 0 Å². The second-order valence-electron chi connectivity index (χ2n) is 7.36. The number of halogens is 1. The molecule has 6 nitrogen and oxygen atoms in total. The number of benzene rings is 1. The predicted molar refractivity (Wildman–Crippen MR) is 124 cm³/mol. The lowest BCUT2D eigenvalue weighted by atomic mass is 10.1. The smallest absolute Gasteiger partial charge is 0.274 e. The maximum Gasteiger partial charge on any atom is 0.274 e. The SMILES string of the molecule is [2H]c1c([2H])c([2H])c(N2CCC[C@@H]2c2csc(NC(=O)c3cccn3Cc3ccnc(F)c3)n2)c([2H])c1[2H]. The summed E-state index contributed by atoms with van der Waals surface area (Å²) in [5, 5.41) is 5.01. The van der Waals surface area contributed by atoms with E-state index in [0.29, 0.717) is 41.6 Å². The molecule has 0 radical (unpaired) electrons. The van der Waals surface area contributed by atoms with Crippen LogP contribution in [0.15, 0.2) is 72.3 Å². The zero-order chi connectivity index (χ0) is 26.3. The summed E-state index contributed by atoms with van der Waals surface area (Å²) in [6.07, 6.45) is 4.58. The van der Waals surface area contributed by atoms with Gasteiger partial charge < -0.3 is 9.47 Å². The Balaban J connectivity index is 1.35. The highest BCUT2D eigenvalue weighted by molar-refractivity contribution is 7.14. The molecule has 1 N–H and O–H groups in total. The van der Waals surface area contributed by atoms with Gasteiger partial charge in [0.1, 0.15) is 5.69 Å². The molecule has 162 valence electrons. The van der Waals surface area contributed by atoms with Gasteiger partial charge in [-0.05, 0) is 54.8 Å². The number of hydrogen-bond acceptors (Lipinski definition) is 5. The summed E-state index contributed by atoms with van der Waals surface area (Å²) in [6, 6.07) is 4.47. The number of nitrogens with zero attached hydrogens (tertiary/aromatic N) is 4. The summed E-state index contributed by atoms with van der Waals surface area (Å²) in [6.45, 7) is 0.828. The van der Waals surface area contributed by atoms with Crippen LogP contribution in [0.2, 0.25) is 0 Å². The van der Waals surface area contributed by atoms with E-state index in [4.69, 9.17) is 6.85 Å². The van der Waals surface area contributed by atoms with Crippen molar-refractivity contribution in [1.82, 2.24) is 14.5 Å². The van der Waals surface area contributed by atoms with Crippen LogP contribution < -0.4 is 10.2 Å². The third-order valence-corrected chi connectivity index (χ3v) is 6.09. The molecule has 0 aliphatic carbocycles. The Labute approximate surface area is 196 Å². The molecule has 0 spiro atoms. The molecule has 1 aromatic carbocycles. The molecular formula is C24H22FN5OS. The van der Waals surface area contributed by atoms with Crippen LogP contribution >= 0.6 is 11.3 Å². The van der Waals surface area contributed by atoms with E-state index in [-0.39, 0.29) is 41.8 Å². The summed E-state index contributed by atoms with van der Waals surface area (Å²) in [4.78, 5) is 22.9. The van der Waals surface area contributed by atoms with E-state index in [9.17, 15) is 9.18 Å². The second-order valence-corrected chi connectivity index (χ2v) is 8.22. The maximum absolute atomic E-state index is 13.5. The van der Waals surface area contributed by atoms with Crippen molar-refractivity contribution >= 4 is 28.1 Å². The minimum absolute atomic E-state index is 0.164. The van der Waals surface area contributed by atoms with E-state index >= 15 is 0 Å². The monoisotopic (exact) mass is 452 g/mol. The van der Waals surface area contributed by atoms with Crippen molar-refractivity contribution in [3.63, 3.8) is 0 Å². The summed E-state index contributed by atoms with van der Waals surface area (Å²) < 4.78 is 55.7. The molecule has 0 unspecified atom stereocenters. The van der Waals surface area contributed by atoms with E-state index in [1.807, 2.05) is 5.38 Å². The topological polar surface area (TPSA) is 63.1 Å². The fourth-order valence-electron chi connectivity index (χ4n) is 3.88. The summed E-state index contributed by atoms with van der Waals surface area (Å²) >= 11 is 1.25. The number of amides is 1. The fraction of sp³-hybridized carbons (Fsp3) is 0.208. The van der Waals surface area contributed by atoms with Crippen molar-refractivity contribution in [2.45, 2.75) is 25.4 Å². The van der Waals surface area contributed by atoms with Crippen molar-refractivity contribution in [2.75, 3.05) is 16.8 Å². The average Bonchev–Trinajstić information content (AvgIpc) is 3.63. The van der Waals surface area contributed by atoms with Crippen molar-refractivity contribution < 1.29 is 16.0 Å². The molecule has 8 heteroatoms. The minimum Gasteiger partial charge on any atom is -0.363 e. The van der Waals surface area contributed by atoms with E-state index in [1.54, 1.807) is 33.9 Å². The van der Waals surface area contributed by atoms with E-state index in [1.165, 1.54) is 23.6 Å². The van der Waals surface area contributed by atoms with Crippen molar-refractivity contribution in [3.8, 4) is 0 Å². The number of para-hydroxylation sites is 1. The first-order valence-electron chi connectivity index (χ1n) is 12.6. The molecule has 0 saturated carbocycles. The molecular weight excluding hydrogens is 425 g/mol. The van der Waals surface area contributed by atoms with Gasteiger partial charge in [-0.25, -0.2) is 9.97 Å². The van der Waals surface area contributed by atoms with Gasteiger partial charge in [-0.3, -0.25) is 10.1 Å². The molecule has 4 heterocycles. The minimum atomic E-state index is -0.587. The molecule has 1 fully saturated rings. The van der Waals surface area contributed by atoms with E-state index < -0.39 is 12.0 Å². The Morgan fingerprint density at radius 1 is 1.31 bits per heavy atom. The number of carbonyl (C=O) groups is 1. The van der Waals surface area contributed by atoms with Gasteiger partial charge in [0, 0.05) is 36.6 Å². The number of thiazole rings is 1. The van der Waals surface area contributed by atoms with Crippen molar-refractivity contribution in [1.29, 1.82) is 0 Å². The Hall–Kier alpha value is -3.52. The van der Waals surface area contributed by atoms with Crippen LogP contribution in [-0.2, 0) is 6.54 Å². The third-order valence-electron chi connectivity index (χ3n) is 5.32. The molecule has 1 saturated heterocycles. The number of hydrogen-bond donors (Lipinski definition) is 1. The van der Waals surface area contributed by atoms with Crippen LogP contribution in [0.4, 0.5) is 15.2 Å². The fourth-order valence-corrected chi connectivity index (χ4v) is 4.63. The van der Waals surface area contributed by atoms with Gasteiger partial charge in [0.05, 0.1) is 18.6 Å². The number of anilines is 2. The van der Waals surface area contributed by atoms with Gasteiger partial charge in [0.15, 0.2) is 5.13 Å². The van der Waals surface area contributed by atoms with E-state index in [2.05, 4.69) is 15.3 Å². The Morgan fingerprint density at radius 2 is 2.19 bits per heavy atom. The van der Waals surface area contributed by atoms with Gasteiger partial charge in [0.25, 0.3) is 5.91 Å². The Morgan fingerprint density at radius 3 is 3.03 bits per heavy atom. The molecule has 1 aliphatic heterocycles. The van der Waals surface area contributed by atoms with Crippen LogP contribution in [-0.4, -0.2) is 27.0 Å². The second kappa shape index (κ2) is 8.92. The van der Waals surface area contributed by atoms with Gasteiger partial charge in [0.2, 0.25) is 5.95 Å². The highest BCUT2D eigenvalue weighted by Crippen LogP contribution is 2.37. The van der Waals surface area contributed by atoms with Crippen LogP contribution in [0.3, 0.4) is 0 Å². The first-order chi connectivity index (χ1) is 17.7. The first kappa shape index (κ1) is 15.3. The zero-order valence-corrected chi connectivity index (χ0v) is 17.7. The normalized spacial score (nSPS) is 18.0. The number of pyridine rings is 1. The standard InChI is InChI=1S/C24H22FN5OS/c25-22-14-17(10-11-26-22)15-29-12-4-9-21(29)23(31)28-24-27-19(16-32-24)20-8-5-13-30(20)18-6-2-1-3-7-18/h1-4,6-7,9-12,14,16,20H,5,8,13,15H2,(H,27,28,31)/t20-/m1/s1/i1D,2D,3D,6D,7D. The number of rotatable bonds is 6. The van der Waals surface area contributed by atoms with Crippen molar-refractivity contribution in [3.05, 3.63) is 95.2 Å². The lowest BCUT2D eigenvalue weighted by molar-refractivity contribution is 0.101. The molecule has 0 bridgehead atoms. The summed E-state index contributed by atoms with van der Waals surface area (Å²) in [7, 11) is 0. The van der Waals surface area contributed by atoms with Gasteiger partial charge >= 0.3 is 0 Å². The van der Waals surface area contributed by atoms with Gasteiger partial charge in [-0.2, -0.15) is 4.39 Å². The predicted octanol–water partition coefficient (Wildman–Crippen LogP) is 5.12. The van der Waals surface area contributed by atoms with Crippen LogP contribution in [0.25, 0.3) is 0 Å².